The van der Waals surface area contributed by atoms with Gasteiger partial charge in [0.05, 0.1) is 11.8 Å². The van der Waals surface area contributed by atoms with E-state index in [4.69, 9.17) is 10.5 Å². The van der Waals surface area contributed by atoms with Crippen molar-refractivity contribution in [2.24, 2.45) is 7.05 Å². The molecule has 1 atom stereocenters. The smallest absolute Gasteiger partial charge is 0.270 e. The van der Waals surface area contributed by atoms with E-state index in [1.165, 1.54) is 6.42 Å². The molecule has 1 aromatic heterocycles. The van der Waals surface area contributed by atoms with Crippen LogP contribution in [0, 0.1) is 0 Å². The fourth-order valence-corrected chi connectivity index (χ4v) is 2.34. The van der Waals surface area contributed by atoms with Crippen molar-refractivity contribution in [1.29, 1.82) is 0 Å². The zero-order valence-corrected chi connectivity index (χ0v) is 11.1. The summed E-state index contributed by atoms with van der Waals surface area (Å²) in [6, 6.07) is 1.71. The first-order chi connectivity index (χ1) is 8.58. The highest BCUT2D eigenvalue weighted by atomic mass is 16.5. The van der Waals surface area contributed by atoms with E-state index >= 15 is 0 Å². The largest absolute Gasteiger partial charge is 0.397 e. The van der Waals surface area contributed by atoms with Crippen LogP contribution in [0.25, 0.3) is 0 Å². The van der Waals surface area contributed by atoms with Gasteiger partial charge in [0.15, 0.2) is 0 Å². The van der Waals surface area contributed by atoms with Crippen LogP contribution in [0.3, 0.4) is 0 Å². The number of nitrogen functional groups attached to an aromatic ring is 1. The molecule has 2 N–H and O–H groups in total. The quantitative estimate of drug-likeness (QED) is 0.879. The first-order valence-corrected chi connectivity index (χ1v) is 6.37. The van der Waals surface area contributed by atoms with Crippen LogP contribution in [-0.2, 0) is 11.8 Å². The van der Waals surface area contributed by atoms with Crippen molar-refractivity contribution in [1.82, 2.24) is 9.47 Å². The van der Waals surface area contributed by atoms with Crippen molar-refractivity contribution < 1.29 is 9.53 Å². The van der Waals surface area contributed by atoms with Gasteiger partial charge in [-0.2, -0.15) is 0 Å². The summed E-state index contributed by atoms with van der Waals surface area (Å²) in [5.41, 5.74) is 6.92. The molecule has 1 aliphatic rings. The highest BCUT2D eigenvalue weighted by Gasteiger charge is 2.21. The molecular formula is C13H21N3O2. The number of carbonyl (C=O) groups is 1. The van der Waals surface area contributed by atoms with Gasteiger partial charge in [0.1, 0.15) is 5.69 Å². The Morgan fingerprint density at radius 3 is 2.94 bits per heavy atom. The summed E-state index contributed by atoms with van der Waals surface area (Å²) in [5, 5.41) is 0. The molecule has 2 heterocycles. The van der Waals surface area contributed by atoms with E-state index in [-0.39, 0.29) is 12.0 Å². The highest BCUT2D eigenvalue weighted by Crippen LogP contribution is 2.15. The number of anilines is 1. The second-order valence-corrected chi connectivity index (χ2v) is 4.94. The number of ether oxygens (including phenoxy) is 1. The summed E-state index contributed by atoms with van der Waals surface area (Å²) in [7, 11) is 3.64. The van der Waals surface area contributed by atoms with Crippen molar-refractivity contribution in [2.75, 3.05) is 25.9 Å². The van der Waals surface area contributed by atoms with Crippen LogP contribution in [0.4, 0.5) is 5.69 Å². The van der Waals surface area contributed by atoms with E-state index in [2.05, 4.69) is 0 Å². The van der Waals surface area contributed by atoms with Gasteiger partial charge in [-0.05, 0) is 25.3 Å². The van der Waals surface area contributed by atoms with E-state index in [0.717, 1.165) is 19.4 Å². The maximum atomic E-state index is 12.2. The van der Waals surface area contributed by atoms with Gasteiger partial charge in [0.25, 0.3) is 5.91 Å². The van der Waals surface area contributed by atoms with Crippen LogP contribution in [0.5, 0.6) is 0 Å². The second-order valence-electron chi connectivity index (χ2n) is 4.94. The Labute approximate surface area is 108 Å². The van der Waals surface area contributed by atoms with Crippen molar-refractivity contribution in [2.45, 2.75) is 25.4 Å². The van der Waals surface area contributed by atoms with Crippen molar-refractivity contribution in [3.63, 3.8) is 0 Å². The molecule has 0 saturated carbocycles. The maximum Gasteiger partial charge on any atom is 0.270 e. The zero-order valence-electron chi connectivity index (χ0n) is 11.1. The average Bonchev–Trinajstić information content (AvgIpc) is 2.68. The van der Waals surface area contributed by atoms with E-state index in [1.54, 1.807) is 21.7 Å². The minimum absolute atomic E-state index is 0.0108. The molecule has 1 fully saturated rings. The van der Waals surface area contributed by atoms with E-state index < -0.39 is 0 Å². The van der Waals surface area contributed by atoms with Gasteiger partial charge in [0, 0.05) is 33.4 Å². The molecule has 1 saturated heterocycles. The lowest BCUT2D eigenvalue weighted by Crippen LogP contribution is -2.37. The predicted octanol–water partition coefficient (Wildman–Crippen LogP) is 1.25. The standard InChI is InChI=1S/C13H21N3O2/c1-15-8-10(14)7-12(15)13(17)16(2)9-11-5-3-4-6-18-11/h7-8,11H,3-6,9,14H2,1-2H3. The fourth-order valence-electron chi connectivity index (χ4n) is 2.34. The maximum absolute atomic E-state index is 12.2. The van der Waals surface area contributed by atoms with Crippen molar-refractivity contribution >= 4 is 11.6 Å². The number of carbonyl (C=O) groups excluding carboxylic acids is 1. The number of likely N-dealkylation sites (N-methyl/N-ethyl adjacent to an activating group) is 1. The van der Waals surface area contributed by atoms with Crippen LogP contribution in [0.15, 0.2) is 12.3 Å². The summed E-state index contributed by atoms with van der Waals surface area (Å²) in [4.78, 5) is 14.0. The Kier molecular flexibility index (Phi) is 3.91. The summed E-state index contributed by atoms with van der Waals surface area (Å²) in [6.45, 7) is 1.45. The van der Waals surface area contributed by atoms with Gasteiger partial charge in [0.2, 0.25) is 0 Å². The molecular weight excluding hydrogens is 230 g/mol. The van der Waals surface area contributed by atoms with Crippen LogP contribution in [-0.4, -0.2) is 41.7 Å². The molecule has 18 heavy (non-hydrogen) atoms. The molecule has 1 aliphatic heterocycles. The van der Waals surface area contributed by atoms with E-state index in [9.17, 15) is 4.79 Å². The van der Waals surface area contributed by atoms with Crippen LogP contribution in [0.2, 0.25) is 0 Å². The predicted molar refractivity (Wildman–Crippen MR) is 70.4 cm³/mol. The van der Waals surface area contributed by atoms with Crippen molar-refractivity contribution in [3.8, 4) is 0 Å². The molecule has 100 valence electrons. The number of nitrogens with two attached hydrogens (primary N) is 1. The van der Waals surface area contributed by atoms with Crippen LogP contribution >= 0.6 is 0 Å². The number of hydrogen-bond donors (Lipinski definition) is 1. The zero-order chi connectivity index (χ0) is 13.1. The third-order valence-electron chi connectivity index (χ3n) is 3.34. The first kappa shape index (κ1) is 13.0. The Morgan fingerprint density at radius 2 is 2.39 bits per heavy atom. The molecule has 5 heteroatoms. The molecule has 1 aromatic rings. The molecule has 0 aliphatic carbocycles. The van der Waals surface area contributed by atoms with Crippen LogP contribution in [0.1, 0.15) is 29.8 Å². The molecule has 1 amide bonds. The molecule has 1 unspecified atom stereocenters. The SMILES string of the molecule is CN(CC1CCCCO1)C(=O)c1cc(N)cn1C. The molecule has 0 bridgehead atoms. The second kappa shape index (κ2) is 5.44. The number of amides is 1. The summed E-state index contributed by atoms with van der Waals surface area (Å²) < 4.78 is 7.40. The number of nitrogens with zero attached hydrogens (tertiary/aromatic N) is 2. The third-order valence-corrected chi connectivity index (χ3v) is 3.34. The Hall–Kier alpha value is -1.49. The summed E-state index contributed by atoms with van der Waals surface area (Å²) in [5.74, 6) is -0.0108. The Morgan fingerprint density at radius 1 is 1.61 bits per heavy atom. The molecule has 5 nitrogen and oxygen atoms in total. The third kappa shape index (κ3) is 2.85. The average molecular weight is 251 g/mol. The lowest BCUT2D eigenvalue weighted by molar-refractivity contribution is -0.000354. The first-order valence-electron chi connectivity index (χ1n) is 6.37. The Bertz CT molecular complexity index is 422. The number of aryl methyl sites for hydroxylation is 1. The topological polar surface area (TPSA) is 60.5 Å². The van der Waals surface area contributed by atoms with Gasteiger partial charge >= 0.3 is 0 Å². The van der Waals surface area contributed by atoms with Gasteiger partial charge in [-0.25, -0.2) is 0 Å². The number of aromatic nitrogens is 1. The molecule has 0 aromatic carbocycles. The van der Waals surface area contributed by atoms with Gasteiger partial charge in [-0.15, -0.1) is 0 Å². The van der Waals surface area contributed by atoms with Gasteiger partial charge in [-0.3, -0.25) is 4.79 Å². The number of hydrogen-bond acceptors (Lipinski definition) is 3. The van der Waals surface area contributed by atoms with Crippen molar-refractivity contribution in [3.05, 3.63) is 18.0 Å². The van der Waals surface area contributed by atoms with E-state index in [1.807, 2.05) is 14.1 Å². The lowest BCUT2D eigenvalue weighted by Gasteiger charge is -2.27. The summed E-state index contributed by atoms with van der Waals surface area (Å²) >= 11 is 0. The van der Waals surface area contributed by atoms with Gasteiger partial charge < -0.3 is 19.9 Å². The van der Waals surface area contributed by atoms with Gasteiger partial charge in [-0.1, -0.05) is 0 Å². The molecule has 0 spiro atoms. The fraction of sp³-hybridized carbons (Fsp3) is 0.615. The number of rotatable bonds is 3. The normalized spacial score (nSPS) is 19.8. The molecule has 2 rings (SSSR count). The Balaban J connectivity index is 1.97. The molecule has 0 radical (unpaired) electrons. The minimum Gasteiger partial charge on any atom is -0.397 e. The lowest BCUT2D eigenvalue weighted by atomic mass is 10.1. The highest BCUT2D eigenvalue weighted by molar-refractivity contribution is 5.93. The monoisotopic (exact) mass is 251 g/mol. The summed E-state index contributed by atoms with van der Waals surface area (Å²) in [6.07, 6.45) is 5.27. The van der Waals surface area contributed by atoms with Crippen LogP contribution < -0.4 is 5.73 Å². The van der Waals surface area contributed by atoms with E-state index in [0.29, 0.717) is 17.9 Å². The minimum atomic E-state index is -0.0108.